The smallest absolute Gasteiger partial charge is 0.0462 e. The first-order valence-electron chi connectivity index (χ1n) is 29.3. The first-order valence-corrected chi connectivity index (χ1v) is 29.3. The van der Waals surface area contributed by atoms with Crippen molar-refractivity contribution in [2.45, 2.75) is 76.0 Å². The molecule has 0 spiro atoms. The lowest BCUT2D eigenvalue weighted by atomic mass is 9.84. The molecule has 0 unspecified atom stereocenters. The van der Waals surface area contributed by atoms with Crippen molar-refractivity contribution in [2.75, 3.05) is 9.80 Å². The lowest BCUT2D eigenvalue weighted by Gasteiger charge is -2.26. The number of anilines is 6. The Hall–Kier alpha value is -8.98. The Morgan fingerprint density at radius 3 is 0.662 bits per heavy atom. The molecular weight excluding hydrogens is 965 g/mol. The largest absolute Gasteiger partial charge is 0.311 e. The Kier molecular flexibility index (Phi) is 14.9. The van der Waals surface area contributed by atoms with Gasteiger partial charge in [-0.2, -0.15) is 0 Å². The molecule has 0 amide bonds. The molecule has 2 fully saturated rings. The van der Waals surface area contributed by atoms with E-state index in [1.54, 1.807) is 0 Å². The van der Waals surface area contributed by atoms with Crippen molar-refractivity contribution in [1.82, 2.24) is 0 Å². The van der Waals surface area contributed by atoms with E-state index in [9.17, 15) is 0 Å². The molecule has 0 radical (unpaired) electrons. The summed E-state index contributed by atoms with van der Waals surface area (Å²) < 4.78 is 0. The summed E-state index contributed by atoms with van der Waals surface area (Å²) in [6, 6.07) is 103. The molecule has 0 atom stereocenters. The highest BCUT2D eigenvalue weighted by molar-refractivity contribution is 5.88. The summed E-state index contributed by atoms with van der Waals surface area (Å²) in [7, 11) is 0. The fraction of sp³-hybridized carbons (Fsp3) is 0.154. The van der Waals surface area contributed by atoms with Crippen molar-refractivity contribution < 1.29 is 0 Å². The van der Waals surface area contributed by atoms with Crippen LogP contribution in [0, 0.1) is 0 Å². The lowest BCUT2D eigenvalue weighted by molar-refractivity contribution is 0.443. The predicted molar refractivity (Wildman–Crippen MR) is 340 cm³/mol. The van der Waals surface area contributed by atoms with Gasteiger partial charge in [-0.25, -0.2) is 0 Å². The van der Waals surface area contributed by atoms with Crippen LogP contribution in [0.5, 0.6) is 0 Å². The average molecular weight is 1030 g/mol. The van der Waals surface area contributed by atoms with Gasteiger partial charge in [0, 0.05) is 34.1 Å². The first kappa shape index (κ1) is 50.5. The third-order valence-electron chi connectivity index (χ3n) is 17.2. The van der Waals surface area contributed by atoms with Crippen LogP contribution >= 0.6 is 0 Å². The van der Waals surface area contributed by atoms with Gasteiger partial charge in [-0.1, -0.05) is 245 Å². The van der Waals surface area contributed by atoms with E-state index in [-0.39, 0.29) is 0 Å². The van der Waals surface area contributed by atoms with Crippen LogP contribution in [0.25, 0.3) is 66.8 Å². The molecule has 0 saturated heterocycles. The molecule has 2 saturated carbocycles. The molecule has 11 aromatic rings. The number of rotatable bonds is 14. The van der Waals surface area contributed by atoms with Gasteiger partial charge in [-0.15, -0.1) is 0 Å². The summed E-state index contributed by atoms with van der Waals surface area (Å²) in [6.07, 6.45) is 13.4. The number of hydrogen-bond acceptors (Lipinski definition) is 2. The van der Waals surface area contributed by atoms with E-state index in [0.717, 1.165) is 34.1 Å². The highest BCUT2D eigenvalue weighted by Crippen LogP contribution is 2.43. The van der Waals surface area contributed by atoms with E-state index in [0.29, 0.717) is 11.8 Å². The van der Waals surface area contributed by atoms with Crippen LogP contribution in [-0.4, -0.2) is 0 Å². The molecule has 11 aromatic carbocycles. The standard InChI is InChI=1S/C78H68N2/c1-5-15-57(16-6-1)61-25-29-63(30-26-61)67-37-49-73(50-38-67)80(74-51-39-68(40-52-74)64-31-27-62(28-32-64)58-17-7-2-8-18-58)76-55-43-70(44-56-76)78-24-14-13-23-77(78)69-41-53-75(54-42-69)79(71-45-33-65(34-46-71)59-19-9-3-10-20-59)72-47-35-66(36-48-72)60-21-11-4-12-22-60/h3-4,9-14,19-58H,1-2,5-8,15-18H2. The van der Waals surface area contributed by atoms with Crippen molar-refractivity contribution in [3.05, 3.63) is 290 Å². The lowest BCUT2D eigenvalue weighted by Crippen LogP contribution is -2.10. The molecule has 0 heterocycles. The van der Waals surface area contributed by atoms with Gasteiger partial charge in [0.25, 0.3) is 0 Å². The van der Waals surface area contributed by atoms with E-state index >= 15 is 0 Å². The molecule has 0 bridgehead atoms. The second kappa shape index (κ2) is 23.5. The summed E-state index contributed by atoms with van der Waals surface area (Å²) in [6.45, 7) is 0. The average Bonchev–Trinajstić information content (AvgIpc) is 3.57. The molecule has 0 aromatic heterocycles. The quantitative estimate of drug-likeness (QED) is 0.107. The fourth-order valence-corrected chi connectivity index (χ4v) is 12.7. The highest BCUT2D eigenvalue weighted by Gasteiger charge is 2.20. The van der Waals surface area contributed by atoms with Crippen molar-refractivity contribution in [3.8, 4) is 66.8 Å². The van der Waals surface area contributed by atoms with Crippen LogP contribution in [-0.2, 0) is 0 Å². The molecule has 0 aliphatic heterocycles. The summed E-state index contributed by atoms with van der Waals surface area (Å²) in [5.41, 5.74) is 24.2. The summed E-state index contributed by atoms with van der Waals surface area (Å²) in [5, 5.41) is 0. The van der Waals surface area contributed by atoms with Crippen molar-refractivity contribution in [2.24, 2.45) is 0 Å². The molecule has 2 nitrogen and oxygen atoms in total. The normalized spacial score (nSPS) is 13.9. The van der Waals surface area contributed by atoms with E-state index < -0.39 is 0 Å². The minimum atomic E-state index is 0.704. The maximum absolute atomic E-state index is 2.40. The zero-order chi connectivity index (χ0) is 53.5. The maximum atomic E-state index is 2.40. The Bertz CT molecular complexity index is 3560. The zero-order valence-corrected chi connectivity index (χ0v) is 45.7. The zero-order valence-electron chi connectivity index (χ0n) is 45.7. The molecule has 13 rings (SSSR count). The van der Waals surface area contributed by atoms with E-state index in [2.05, 4.69) is 289 Å². The molecular formula is C78H68N2. The van der Waals surface area contributed by atoms with E-state index in [1.807, 2.05) is 0 Å². The highest BCUT2D eigenvalue weighted by atomic mass is 15.1. The third kappa shape index (κ3) is 11.0. The molecule has 0 N–H and O–H groups in total. The second-order valence-corrected chi connectivity index (χ2v) is 22.1. The number of hydrogen-bond donors (Lipinski definition) is 0. The van der Waals surface area contributed by atoms with Crippen molar-refractivity contribution in [1.29, 1.82) is 0 Å². The van der Waals surface area contributed by atoms with Gasteiger partial charge in [0.05, 0.1) is 0 Å². The summed E-state index contributed by atoms with van der Waals surface area (Å²) in [5.74, 6) is 1.41. The van der Waals surface area contributed by atoms with Gasteiger partial charge in [-0.05, 0) is 188 Å². The van der Waals surface area contributed by atoms with Crippen LogP contribution in [0.4, 0.5) is 34.1 Å². The Balaban J connectivity index is 0.797. The van der Waals surface area contributed by atoms with Crippen molar-refractivity contribution >= 4 is 34.1 Å². The Morgan fingerprint density at radius 2 is 0.400 bits per heavy atom. The Morgan fingerprint density at radius 1 is 0.188 bits per heavy atom. The minimum absolute atomic E-state index is 0.704. The number of nitrogens with zero attached hydrogens (tertiary/aromatic N) is 2. The molecule has 2 aliphatic carbocycles. The van der Waals surface area contributed by atoms with Gasteiger partial charge in [0.1, 0.15) is 0 Å². The van der Waals surface area contributed by atoms with Gasteiger partial charge in [0.2, 0.25) is 0 Å². The van der Waals surface area contributed by atoms with E-state index in [4.69, 9.17) is 0 Å². The molecule has 2 heteroatoms. The third-order valence-corrected chi connectivity index (χ3v) is 17.2. The molecule has 2 aliphatic rings. The maximum Gasteiger partial charge on any atom is 0.0462 e. The molecule has 80 heavy (non-hydrogen) atoms. The van der Waals surface area contributed by atoms with Crippen LogP contribution in [0.15, 0.2) is 279 Å². The molecule has 390 valence electrons. The van der Waals surface area contributed by atoms with Gasteiger partial charge < -0.3 is 9.80 Å². The van der Waals surface area contributed by atoms with Gasteiger partial charge >= 0.3 is 0 Å². The fourth-order valence-electron chi connectivity index (χ4n) is 12.7. The van der Waals surface area contributed by atoms with Gasteiger partial charge in [-0.3, -0.25) is 0 Å². The van der Waals surface area contributed by atoms with E-state index in [1.165, 1.54) is 142 Å². The summed E-state index contributed by atoms with van der Waals surface area (Å²) >= 11 is 0. The van der Waals surface area contributed by atoms with Gasteiger partial charge in [0.15, 0.2) is 0 Å². The Labute approximate surface area is 474 Å². The topological polar surface area (TPSA) is 6.48 Å². The minimum Gasteiger partial charge on any atom is -0.311 e. The second-order valence-electron chi connectivity index (χ2n) is 22.1. The first-order chi connectivity index (χ1) is 39.6. The summed E-state index contributed by atoms with van der Waals surface area (Å²) in [4.78, 5) is 4.76. The van der Waals surface area contributed by atoms with Crippen molar-refractivity contribution in [3.63, 3.8) is 0 Å². The van der Waals surface area contributed by atoms with Crippen LogP contribution in [0.3, 0.4) is 0 Å². The van der Waals surface area contributed by atoms with Crippen LogP contribution < -0.4 is 9.80 Å². The SMILES string of the molecule is c1ccc(-c2ccc(N(c3ccc(-c4ccccc4)cc3)c3ccc(-c4ccccc4-c4ccc(N(c5ccc(-c6ccc(C7CCCCC7)cc6)cc5)c5ccc(-c6ccc(C7CCCCC7)cc6)cc5)cc4)cc3)cc2)cc1. The predicted octanol–water partition coefficient (Wildman–Crippen LogP) is 22.7. The van der Waals surface area contributed by atoms with Crippen LogP contribution in [0.1, 0.15) is 87.2 Å². The monoisotopic (exact) mass is 1030 g/mol. The van der Waals surface area contributed by atoms with Crippen LogP contribution in [0.2, 0.25) is 0 Å². The number of benzene rings is 11.